The van der Waals surface area contributed by atoms with Gasteiger partial charge in [0.2, 0.25) is 0 Å². The maximum absolute atomic E-state index is 13.0. The molecule has 0 aromatic heterocycles. The molecule has 0 heterocycles. The van der Waals surface area contributed by atoms with Crippen LogP contribution in [0, 0.1) is 11.6 Å². The number of hydrogen-bond acceptors (Lipinski definition) is 0. The standard InChI is InChI=1S/2C10H7F/c2*11-10-7-3-5-8-4-1-2-6-9(8)10/h2*1-7H. The van der Waals surface area contributed by atoms with Crippen LogP contribution in [0.1, 0.15) is 0 Å². The van der Waals surface area contributed by atoms with E-state index in [4.69, 9.17) is 0 Å². The van der Waals surface area contributed by atoms with E-state index in [0.29, 0.717) is 10.8 Å². The van der Waals surface area contributed by atoms with Crippen LogP contribution in [0.2, 0.25) is 0 Å². The monoisotopic (exact) mass is 292 g/mol. The summed E-state index contributed by atoms with van der Waals surface area (Å²) in [5, 5.41) is 3.28. The van der Waals surface area contributed by atoms with Gasteiger partial charge in [0.15, 0.2) is 0 Å². The third-order valence-corrected chi connectivity index (χ3v) is 3.47. The molecule has 108 valence electrons. The topological polar surface area (TPSA) is 0 Å². The molecule has 0 aliphatic heterocycles. The number of rotatable bonds is 0. The average molecular weight is 292 g/mol. The highest BCUT2D eigenvalue weighted by Crippen LogP contribution is 2.16. The molecule has 0 unspecified atom stereocenters. The third-order valence-electron chi connectivity index (χ3n) is 3.47. The molecule has 0 fully saturated rings. The molecule has 4 aromatic rings. The summed E-state index contributed by atoms with van der Waals surface area (Å²) in [6, 6.07) is 25.0. The quantitative estimate of drug-likeness (QED) is 0.375. The minimum absolute atomic E-state index is 0.150. The van der Waals surface area contributed by atoms with Crippen molar-refractivity contribution in [3.63, 3.8) is 0 Å². The number of hydrogen-bond donors (Lipinski definition) is 0. The molecule has 22 heavy (non-hydrogen) atoms. The van der Waals surface area contributed by atoms with E-state index in [1.54, 1.807) is 24.3 Å². The lowest BCUT2D eigenvalue weighted by Gasteiger charge is -1.95. The Bertz CT molecular complexity index is 825. The fraction of sp³-hybridized carbons (Fsp3) is 0. The van der Waals surface area contributed by atoms with Crippen molar-refractivity contribution < 1.29 is 8.78 Å². The molecule has 0 atom stereocenters. The Morgan fingerprint density at radius 1 is 0.409 bits per heavy atom. The van der Waals surface area contributed by atoms with Crippen LogP contribution in [0.15, 0.2) is 84.9 Å². The minimum atomic E-state index is -0.150. The molecule has 0 amide bonds. The second-order valence-electron chi connectivity index (χ2n) is 4.92. The number of benzene rings is 4. The second kappa shape index (κ2) is 6.35. The van der Waals surface area contributed by atoms with Gasteiger partial charge in [0, 0.05) is 10.8 Å². The van der Waals surface area contributed by atoms with Crippen LogP contribution in [0.4, 0.5) is 8.78 Å². The summed E-state index contributed by atoms with van der Waals surface area (Å²) < 4.78 is 26.0. The highest BCUT2D eigenvalue weighted by Gasteiger charge is 1.96. The van der Waals surface area contributed by atoms with Gasteiger partial charge in [0.05, 0.1) is 0 Å². The van der Waals surface area contributed by atoms with Gasteiger partial charge in [-0.3, -0.25) is 0 Å². The molecule has 0 aliphatic carbocycles. The predicted octanol–water partition coefficient (Wildman–Crippen LogP) is 5.96. The summed E-state index contributed by atoms with van der Waals surface area (Å²) in [6.07, 6.45) is 0. The summed E-state index contributed by atoms with van der Waals surface area (Å²) in [4.78, 5) is 0. The van der Waals surface area contributed by atoms with Gasteiger partial charge < -0.3 is 0 Å². The van der Waals surface area contributed by atoms with Crippen LogP contribution >= 0.6 is 0 Å². The van der Waals surface area contributed by atoms with E-state index in [0.717, 1.165) is 10.8 Å². The van der Waals surface area contributed by atoms with E-state index in [-0.39, 0.29) is 11.6 Å². The molecule has 0 N–H and O–H groups in total. The van der Waals surface area contributed by atoms with Crippen LogP contribution in [0.25, 0.3) is 21.5 Å². The van der Waals surface area contributed by atoms with E-state index in [2.05, 4.69) is 0 Å². The number of fused-ring (bicyclic) bond motifs is 2. The summed E-state index contributed by atoms with van der Waals surface area (Å²) in [6.45, 7) is 0. The first kappa shape index (κ1) is 14.2. The van der Waals surface area contributed by atoms with E-state index in [1.807, 2.05) is 48.5 Å². The molecular formula is C20H14F2. The van der Waals surface area contributed by atoms with Gasteiger partial charge in [-0.25, -0.2) is 8.78 Å². The van der Waals surface area contributed by atoms with Gasteiger partial charge in [-0.05, 0) is 22.9 Å². The number of halogens is 2. The lowest BCUT2D eigenvalue weighted by atomic mass is 10.1. The van der Waals surface area contributed by atoms with Crippen molar-refractivity contribution in [2.75, 3.05) is 0 Å². The molecule has 0 radical (unpaired) electrons. The molecule has 4 rings (SSSR count). The second-order valence-corrected chi connectivity index (χ2v) is 4.92. The maximum Gasteiger partial charge on any atom is 0.131 e. The predicted molar refractivity (Wildman–Crippen MR) is 87.8 cm³/mol. The van der Waals surface area contributed by atoms with Crippen molar-refractivity contribution in [1.29, 1.82) is 0 Å². The largest absolute Gasteiger partial charge is 0.206 e. The van der Waals surface area contributed by atoms with Gasteiger partial charge in [0.25, 0.3) is 0 Å². The van der Waals surface area contributed by atoms with Gasteiger partial charge >= 0.3 is 0 Å². The SMILES string of the molecule is Fc1cccc2ccccc12.Fc1cccc2ccccc12. The molecule has 0 saturated carbocycles. The Morgan fingerprint density at radius 2 is 0.773 bits per heavy atom. The highest BCUT2D eigenvalue weighted by atomic mass is 19.1. The molecule has 0 bridgehead atoms. The Kier molecular flexibility index (Phi) is 4.10. The lowest BCUT2D eigenvalue weighted by molar-refractivity contribution is 0.639. The van der Waals surface area contributed by atoms with Gasteiger partial charge in [-0.2, -0.15) is 0 Å². The van der Waals surface area contributed by atoms with Gasteiger partial charge in [0.1, 0.15) is 11.6 Å². The fourth-order valence-electron chi connectivity index (χ4n) is 2.37. The van der Waals surface area contributed by atoms with Gasteiger partial charge in [-0.1, -0.05) is 72.8 Å². The van der Waals surface area contributed by atoms with Crippen molar-refractivity contribution in [3.05, 3.63) is 96.6 Å². The van der Waals surface area contributed by atoms with E-state index >= 15 is 0 Å². The molecule has 0 spiro atoms. The fourth-order valence-corrected chi connectivity index (χ4v) is 2.37. The average Bonchev–Trinajstić information content (AvgIpc) is 2.57. The molecule has 0 saturated heterocycles. The Hall–Kier alpha value is -2.74. The van der Waals surface area contributed by atoms with Gasteiger partial charge in [-0.15, -0.1) is 0 Å². The van der Waals surface area contributed by atoms with Crippen molar-refractivity contribution in [1.82, 2.24) is 0 Å². The van der Waals surface area contributed by atoms with Crippen LogP contribution < -0.4 is 0 Å². The van der Waals surface area contributed by atoms with E-state index < -0.39 is 0 Å². The third kappa shape index (κ3) is 2.96. The molecule has 0 nitrogen and oxygen atoms in total. The molecular weight excluding hydrogens is 278 g/mol. The van der Waals surface area contributed by atoms with Crippen LogP contribution in [0.5, 0.6) is 0 Å². The summed E-state index contributed by atoms with van der Waals surface area (Å²) in [5.41, 5.74) is 0. The zero-order valence-electron chi connectivity index (χ0n) is 11.8. The first-order chi connectivity index (χ1) is 10.8. The Morgan fingerprint density at radius 3 is 1.18 bits per heavy atom. The zero-order valence-corrected chi connectivity index (χ0v) is 11.8. The Labute approximate surface area is 127 Å². The van der Waals surface area contributed by atoms with E-state index in [9.17, 15) is 8.78 Å². The van der Waals surface area contributed by atoms with Crippen LogP contribution in [-0.2, 0) is 0 Å². The minimum Gasteiger partial charge on any atom is -0.206 e. The highest BCUT2D eigenvalue weighted by molar-refractivity contribution is 5.83. The van der Waals surface area contributed by atoms with Crippen LogP contribution in [0.3, 0.4) is 0 Å². The normalized spacial score (nSPS) is 10.3. The summed E-state index contributed by atoms with van der Waals surface area (Å²) in [5.74, 6) is -0.300. The van der Waals surface area contributed by atoms with E-state index in [1.165, 1.54) is 12.1 Å². The first-order valence-corrected chi connectivity index (χ1v) is 7.02. The summed E-state index contributed by atoms with van der Waals surface area (Å²) in [7, 11) is 0. The zero-order chi connectivity index (χ0) is 15.4. The maximum atomic E-state index is 13.0. The smallest absolute Gasteiger partial charge is 0.131 e. The van der Waals surface area contributed by atoms with Crippen molar-refractivity contribution in [3.8, 4) is 0 Å². The first-order valence-electron chi connectivity index (χ1n) is 7.02. The summed E-state index contributed by atoms with van der Waals surface area (Å²) >= 11 is 0. The molecule has 0 aliphatic rings. The van der Waals surface area contributed by atoms with Crippen LogP contribution in [-0.4, -0.2) is 0 Å². The van der Waals surface area contributed by atoms with Crippen molar-refractivity contribution >= 4 is 21.5 Å². The molecule has 2 heteroatoms. The van der Waals surface area contributed by atoms with Crippen molar-refractivity contribution in [2.24, 2.45) is 0 Å². The van der Waals surface area contributed by atoms with Crippen molar-refractivity contribution in [2.45, 2.75) is 0 Å². The lowest BCUT2D eigenvalue weighted by Crippen LogP contribution is -1.76. The molecule has 4 aromatic carbocycles. The Balaban J connectivity index is 0.000000131.